The molecule has 130 valence electrons. The highest BCUT2D eigenvalue weighted by Crippen LogP contribution is 2.32. The predicted molar refractivity (Wildman–Crippen MR) is 84.1 cm³/mol. The second kappa shape index (κ2) is 7.20. The Hall–Kier alpha value is -1.11. The maximum atomic E-state index is 12.7. The lowest BCUT2D eigenvalue weighted by atomic mass is 9.97. The Morgan fingerprint density at radius 3 is 2.30 bits per heavy atom. The summed E-state index contributed by atoms with van der Waals surface area (Å²) in [6.07, 6.45) is -3.39. The van der Waals surface area contributed by atoms with Crippen molar-refractivity contribution in [1.29, 1.82) is 0 Å². The summed E-state index contributed by atoms with van der Waals surface area (Å²) in [6, 6.07) is 5.53. The molecule has 0 bridgehead atoms. The molecule has 3 atom stereocenters. The Morgan fingerprint density at radius 1 is 1.22 bits per heavy atom. The molecular formula is C17H25F3N2O. The van der Waals surface area contributed by atoms with Gasteiger partial charge in [-0.05, 0) is 38.1 Å². The third kappa shape index (κ3) is 4.05. The number of piperazine rings is 1. The Kier molecular flexibility index (Phi) is 5.70. The van der Waals surface area contributed by atoms with Gasteiger partial charge in [0.1, 0.15) is 0 Å². The molecule has 6 heteroatoms. The lowest BCUT2D eigenvalue weighted by Crippen LogP contribution is -2.57. The molecule has 1 aromatic carbocycles. The van der Waals surface area contributed by atoms with Gasteiger partial charge in [0.15, 0.2) is 0 Å². The van der Waals surface area contributed by atoms with Crippen LogP contribution >= 0.6 is 0 Å². The molecule has 1 aromatic rings. The Morgan fingerprint density at radius 2 is 1.83 bits per heavy atom. The van der Waals surface area contributed by atoms with Crippen molar-refractivity contribution >= 4 is 0 Å². The summed E-state index contributed by atoms with van der Waals surface area (Å²) in [6.45, 7) is 5.82. The summed E-state index contributed by atoms with van der Waals surface area (Å²) < 4.78 is 38.1. The number of benzene rings is 1. The van der Waals surface area contributed by atoms with Crippen LogP contribution in [0.5, 0.6) is 0 Å². The lowest BCUT2D eigenvalue weighted by Gasteiger charge is -2.47. The van der Waals surface area contributed by atoms with Crippen molar-refractivity contribution in [3.8, 4) is 0 Å². The molecule has 0 radical (unpaired) electrons. The van der Waals surface area contributed by atoms with Crippen molar-refractivity contribution in [2.24, 2.45) is 0 Å². The molecular weight excluding hydrogens is 305 g/mol. The van der Waals surface area contributed by atoms with Gasteiger partial charge in [-0.2, -0.15) is 13.2 Å². The first-order valence-corrected chi connectivity index (χ1v) is 8.01. The zero-order valence-corrected chi connectivity index (χ0v) is 13.8. The number of likely N-dealkylation sites (N-methyl/N-ethyl adjacent to an activating group) is 1. The number of rotatable bonds is 4. The van der Waals surface area contributed by atoms with Gasteiger partial charge in [0.05, 0.1) is 18.2 Å². The molecule has 1 fully saturated rings. The summed E-state index contributed by atoms with van der Waals surface area (Å²) in [4.78, 5) is 4.51. The predicted octanol–water partition coefficient (Wildman–Crippen LogP) is 3.15. The molecule has 23 heavy (non-hydrogen) atoms. The molecule has 0 aromatic heterocycles. The number of alkyl halides is 3. The van der Waals surface area contributed by atoms with Crippen molar-refractivity contribution in [2.75, 3.05) is 26.7 Å². The van der Waals surface area contributed by atoms with E-state index < -0.39 is 11.7 Å². The third-order valence-electron chi connectivity index (χ3n) is 4.86. The number of nitrogens with zero attached hydrogens (tertiary/aromatic N) is 2. The van der Waals surface area contributed by atoms with Crippen LogP contribution in [0.25, 0.3) is 0 Å². The molecule has 2 rings (SSSR count). The van der Waals surface area contributed by atoms with Crippen LogP contribution in [0.3, 0.4) is 0 Å². The second-order valence-corrected chi connectivity index (χ2v) is 6.37. The molecule has 3 nitrogen and oxygen atoms in total. The van der Waals surface area contributed by atoms with Gasteiger partial charge in [0, 0.05) is 25.2 Å². The standard InChI is InChI=1S/C17H25F3N2O/c1-4-15-10-21(3)12(2)9-22(15)16(11-23)13-5-7-14(8-6-13)17(18,19)20/h5-8,12,15-16,23H,4,9-11H2,1-3H3/t12?,15-,16?/m1/s1. The van der Waals surface area contributed by atoms with E-state index in [0.29, 0.717) is 6.04 Å². The minimum atomic E-state index is -4.33. The first kappa shape index (κ1) is 18.2. The highest BCUT2D eigenvalue weighted by Gasteiger charge is 2.34. The maximum Gasteiger partial charge on any atom is 0.416 e. The molecule has 1 aliphatic heterocycles. The average molecular weight is 330 g/mol. The van der Waals surface area contributed by atoms with Gasteiger partial charge < -0.3 is 10.0 Å². The van der Waals surface area contributed by atoms with Gasteiger partial charge in [-0.3, -0.25) is 4.90 Å². The molecule has 1 heterocycles. The Labute approximate surface area is 135 Å². The largest absolute Gasteiger partial charge is 0.416 e. The Balaban J connectivity index is 2.24. The Bertz CT molecular complexity index is 504. The minimum absolute atomic E-state index is 0.0989. The summed E-state index contributed by atoms with van der Waals surface area (Å²) in [5.41, 5.74) is 0.0763. The lowest BCUT2D eigenvalue weighted by molar-refractivity contribution is -0.137. The van der Waals surface area contributed by atoms with Gasteiger partial charge >= 0.3 is 6.18 Å². The fraction of sp³-hybridized carbons (Fsp3) is 0.647. The van der Waals surface area contributed by atoms with E-state index >= 15 is 0 Å². The van der Waals surface area contributed by atoms with Gasteiger partial charge in [-0.15, -0.1) is 0 Å². The average Bonchev–Trinajstić information content (AvgIpc) is 2.51. The van der Waals surface area contributed by atoms with Crippen molar-refractivity contribution in [2.45, 2.75) is 44.6 Å². The summed E-state index contributed by atoms with van der Waals surface area (Å²) >= 11 is 0. The van der Waals surface area contributed by atoms with E-state index in [1.54, 1.807) is 0 Å². The number of halogens is 3. The smallest absolute Gasteiger partial charge is 0.394 e. The fourth-order valence-electron chi connectivity index (χ4n) is 3.25. The first-order chi connectivity index (χ1) is 10.8. The highest BCUT2D eigenvalue weighted by molar-refractivity contribution is 5.27. The van der Waals surface area contributed by atoms with Crippen LogP contribution in [0, 0.1) is 0 Å². The third-order valence-corrected chi connectivity index (χ3v) is 4.86. The summed E-state index contributed by atoms with van der Waals surface area (Å²) in [5, 5.41) is 9.85. The van der Waals surface area contributed by atoms with Gasteiger partial charge in [-0.1, -0.05) is 19.1 Å². The SMILES string of the molecule is CC[C@@H]1CN(C)C(C)CN1C(CO)c1ccc(C(F)(F)F)cc1. The van der Waals surface area contributed by atoms with Gasteiger partial charge in [-0.25, -0.2) is 0 Å². The molecule has 2 unspecified atom stereocenters. The molecule has 0 aliphatic carbocycles. The van der Waals surface area contributed by atoms with Crippen LogP contribution in [0.2, 0.25) is 0 Å². The van der Waals surface area contributed by atoms with Crippen LogP contribution < -0.4 is 0 Å². The van der Waals surface area contributed by atoms with E-state index in [9.17, 15) is 18.3 Å². The topological polar surface area (TPSA) is 26.7 Å². The van der Waals surface area contributed by atoms with E-state index in [1.165, 1.54) is 12.1 Å². The van der Waals surface area contributed by atoms with Crippen LogP contribution in [0.15, 0.2) is 24.3 Å². The van der Waals surface area contributed by atoms with Crippen LogP contribution in [0.1, 0.15) is 37.4 Å². The molecule has 1 aliphatic rings. The summed E-state index contributed by atoms with van der Waals surface area (Å²) in [7, 11) is 2.08. The van der Waals surface area contributed by atoms with Crippen molar-refractivity contribution in [3.63, 3.8) is 0 Å². The number of aliphatic hydroxyl groups excluding tert-OH is 1. The normalized spacial score (nSPS) is 25.5. The van der Waals surface area contributed by atoms with Crippen LogP contribution in [0.4, 0.5) is 13.2 Å². The molecule has 0 amide bonds. The second-order valence-electron chi connectivity index (χ2n) is 6.37. The molecule has 0 spiro atoms. The van der Waals surface area contributed by atoms with E-state index in [4.69, 9.17) is 0 Å². The van der Waals surface area contributed by atoms with Crippen LogP contribution in [-0.2, 0) is 6.18 Å². The number of aliphatic hydroxyl groups is 1. The van der Waals surface area contributed by atoms with E-state index in [0.717, 1.165) is 37.2 Å². The highest BCUT2D eigenvalue weighted by atomic mass is 19.4. The zero-order chi connectivity index (χ0) is 17.2. The molecule has 0 saturated carbocycles. The quantitative estimate of drug-likeness (QED) is 0.919. The van der Waals surface area contributed by atoms with Gasteiger partial charge in [0.2, 0.25) is 0 Å². The van der Waals surface area contributed by atoms with Crippen molar-refractivity contribution in [1.82, 2.24) is 9.80 Å². The summed E-state index contributed by atoms with van der Waals surface area (Å²) in [5.74, 6) is 0. The zero-order valence-electron chi connectivity index (χ0n) is 13.8. The first-order valence-electron chi connectivity index (χ1n) is 8.01. The maximum absolute atomic E-state index is 12.7. The van der Waals surface area contributed by atoms with E-state index in [1.807, 2.05) is 0 Å². The number of hydrogen-bond donors (Lipinski definition) is 1. The minimum Gasteiger partial charge on any atom is -0.394 e. The molecule has 1 N–H and O–H groups in total. The van der Waals surface area contributed by atoms with Crippen molar-refractivity contribution in [3.05, 3.63) is 35.4 Å². The van der Waals surface area contributed by atoms with Gasteiger partial charge in [0.25, 0.3) is 0 Å². The van der Waals surface area contributed by atoms with Crippen LogP contribution in [-0.4, -0.2) is 53.7 Å². The van der Waals surface area contributed by atoms with Crippen molar-refractivity contribution < 1.29 is 18.3 Å². The molecule has 1 saturated heterocycles. The fourth-order valence-corrected chi connectivity index (χ4v) is 3.25. The monoisotopic (exact) mass is 330 g/mol. The van der Waals surface area contributed by atoms with E-state index in [-0.39, 0.29) is 18.7 Å². The van der Waals surface area contributed by atoms with E-state index in [2.05, 4.69) is 30.7 Å². The number of hydrogen-bond acceptors (Lipinski definition) is 3.